The van der Waals surface area contributed by atoms with Crippen LogP contribution in [0.4, 0.5) is 4.79 Å². The summed E-state index contributed by atoms with van der Waals surface area (Å²) in [5.41, 5.74) is 0.949. The maximum atomic E-state index is 11.4. The van der Waals surface area contributed by atoms with E-state index >= 15 is 0 Å². The quantitative estimate of drug-likeness (QED) is 0.888. The third-order valence-corrected chi connectivity index (χ3v) is 3.14. The van der Waals surface area contributed by atoms with Crippen molar-refractivity contribution in [3.05, 3.63) is 35.9 Å². The van der Waals surface area contributed by atoms with Crippen molar-refractivity contribution in [3.8, 4) is 0 Å². The summed E-state index contributed by atoms with van der Waals surface area (Å²) < 4.78 is 5.06. The minimum atomic E-state index is -0.460. The molecule has 0 bridgehead atoms. The Kier molecular flexibility index (Phi) is 4.34. The Labute approximate surface area is 106 Å². The number of ether oxygens (including phenoxy) is 1. The number of carbonyl (C=O) groups excluding carboxylic acids is 2. The lowest BCUT2D eigenvalue weighted by molar-refractivity contribution is -0.120. The highest BCUT2D eigenvalue weighted by Gasteiger charge is 2.24. The van der Waals surface area contributed by atoms with Crippen LogP contribution < -0.4 is 5.32 Å². The van der Waals surface area contributed by atoms with Crippen LogP contribution in [0, 0.1) is 5.92 Å². The van der Waals surface area contributed by atoms with Gasteiger partial charge in [-0.05, 0) is 18.4 Å². The summed E-state index contributed by atoms with van der Waals surface area (Å²) in [6.07, 6.45) is 1.99. The largest absolute Gasteiger partial charge is 0.445 e. The molecule has 0 spiro atoms. The number of carbonyl (C=O) groups is 2. The van der Waals surface area contributed by atoms with Crippen molar-refractivity contribution >= 4 is 11.9 Å². The van der Waals surface area contributed by atoms with Gasteiger partial charge >= 0.3 is 6.09 Å². The van der Waals surface area contributed by atoms with Crippen LogP contribution in [0.25, 0.3) is 0 Å². The molecule has 1 aromatic carbocycles. The lowest BCUT2D eigenvalue weighted by atomic mass is 10.1. The zero-order chi connectivity index (χ0) is 12.8. The van der Waals surface area contributed by atoms with Crippen molar-refractivity contribution < 1.29 is 14.3 Å². The zero-order valence-electron chi connectivity index (χ0n) is 10.2. The van der Waals surface area contributed by atoms with E-state index in [1.54, 1.807) is 0 Å². The molecule has 1 aliphatic rings. The fraction of sp³-hybridized carbons (Fsp3) is 0.429. The van der Waals surface area contributed by atoms with Crippen LogP contribution in [-0.4, -0.2) is 18.4 Å². The molecule has 1 fully saturated rings. The van der Waals surface area contributed by atoms with E-state index in [-0.39, 0.29) is 18.3 Å². The van der Waals surface area contributed by atoms with E-state index in [1.165, 1.54) is 0 Å². The first-order chi connectivity index (χ1) is 8.75. The van der Waals surface area contributed by atoms with E-state index in [9.17, 15) is 9.59 Å². The maximum Gasteiger partial charge on any atom is 0.407 e. The smallest absolute Gasteiger partial charge is 0.407 e. The van der Waals surface area contributed by atoms with Gasteiger partial charge in [0.1, 0.15) is 12.4 Å². The number of rotatable bonds is 4. The van der Waals surface area contributed by atoms with E-state index in [0.717, 1.165) is 18.4 Å². The fourth-order valence-electron chi connectivity index (χ4n) is 2.08. The topological polar surface area (TPSA) is 55.4 Å². The molecule has 18 heavy (non-hydrogen) atoms. The van der Waals surface area contributed by atoms with Crippen molar-refractivity contribution in [2.45, 2.75) is 25.9 Å². The van der Waals surface area contributed by atoms with Crippen LogP contribution in [-0.2, 0) is 16.1 Å². The van der Waals surface area contributed by atoms with Gasteiger partial charge < -0.3 is 10.1 Å². The molecule has 0 saturated heterocycles. The van der Waals surface area contributed by atoms with Gasteiger partial charge in [-0.2, -0.15) is 0 Å². The third kappa shape index (κ3) is 3.58. The molecule has 1 N–H and O–H groups in total. The van der Waals surface area contributed by atoms with Crippen LogP contribution in [0.5, 0.6) is 0 Å². The van der Waals surface area contributed by atoms with Crippen molar-refractivity contribution in [1.29, 1.82) is 0 Å². The molecule has 1 amide bonds. The SMILES string of the molecule is O=C(NC[C@H]1CCCC1=O)OCc1ccccc1. The molecular formula is C14H17NO3. The first kappa shape index (κ1) is 12.6. The van der Waals surface area contributed by atoms with Crippen molar-refractivity contribution in [2.24, 2.45) is 5.92 Å². The Morgan fingerprint density at radius 1 is 1.33 bits per heavy atom. The number of benzene rings is 1. The van der Waals surface area contributed by atoms with Crippen molar-refractivity contribution in [3.63, 3.8) is 0 Å². The van der Waals surface area contributed by atoms with Crippen LogP contribution in [0.15, 0.2) is 30.3 Å². The van der Waals surface area contributed by atoms with Gasteiger partial charge in [-0.25, -0.2) is 4.79 Å². The predicted octanol–water partition coefficient (Wildman–Crippen LogP) is 2.28. The number of hydrogen-bond donors (Lipinski definition) is 1. The average Bonchev–Trinajstić information content (AvgIpc) is 2.81. The third-order valence-electron chi connectivity index (χ3n) is 3.14. The Morgan fingerprint density at radius 2 is 2.11 bits per heavy atom. The minimum absolute atomic E-state index is 0.0192. The number of ketones is 1. The van der Waals surface area contributed by atoms with Crippen LogP contribution in [0.1, 0.15) is 24.8 Å². The van der Waals surface area contributed by atoms with E-state index in [0.29, 0.717) is 13.0 Å². The highest BCUT2D eigenvalue weighted by molar-refractivity contribution is 5.83. The summed E-state index contributed by atoms with van der Waals surface area (Å²) in [4.78, 5) is 22.8. The molecule has 0 radical (unpaired) electrons. The molecule has 1 saturated carbocycles. The van der Waals surface area contributed by atoms with E-state index in [1.807, 2.05) is 30.3 Å². The van der Waals surface area contributed by atoms with Gasteiger partial charge in [-0.3, -0.25) is 4.79 Å². The van der Waals surface area contributed by atoms with Gasteiger partial charge in [0.15, 0.2) is 0 Å². The predicted molar refractivity (Wildman–Crippen MR) is 67.0 cm³/mol. The fourth-order valence-corrected chi connectivity index (χ4v) is 2.08. The van der Waals surface area contributed by atoms with E-state index in [4.69, 9.17) is 4.74 Å². The van der Waals surface area contributed by atoms with Crippen LogP contribution in [0.3, 0.4) is 0 Å². The monoisotopic (exact) mass is 247 g/mol. The van der Waals surface area contributed by atoms with E-state index in [2.05, 4.69) is 5.32 Å². The highest BCUT2D eigenvalue weighted by atomic mass is 16.5. The summed E-state index contributed by atoms with van der Waals surface area (Å²) in [6.45, 7) is 0.651. The van der Waals surface area contributed by atoms with Gasteiger partial charge in [-0.1, -0.05) is 30.3 Å². The lowest BCUT2D eigenvalue weighted by Crippen LogP contribution is -2.31. The van der Waals surface area contributed by atoms with E-state index < -0.39 is 6.09 Å². The number of alkyl carbamates (subject to hydrolysis) is 1. The molecule has 0 unspecified atom stereocenters. The Bertz CT molecular complexity index is 416. The normalized spacial score (nSPS) is 18.7. The van der Waals surface area contributed by atoms with Gasteiger partial charge in [0, 0.05) is 18.9 Å². The Balaban J connectivity index is 1.68. The van der Waals surface area contributed by atoms with Gasteiger partial charge in [0.2, 0.25) is 0 Å². The molecule has 2 rings (SSSR count). The first-order valence-electron chi connectivity index (χ1n) is 6.23. The minimum Gasteiger partial charge on any atom is -0.445 e. The average molecular weight is 247 g/mol. The van der Waals surface area contributed by atoms with Gasteiger partial charge in [0.25, 0.3) is 0 Å². The van der Waals surface area contributed by atoms with Gasteiger partial charge in [0.05, 0.1) is 0 Å². The molecule has 96 valence electrons. The molecule has 1 atom stereocenters. The Morgan fingerprint density at radius 3 is 2.78 bits per heavy atom. The van der Waals surface area contributed by atoms with Crippen molar-refractivity contribution in [1.82, 2.24) is 5.32 Å². The van der Waals surface area contributed by atoms with Crippen LogP contribution in [0.2, 0.25) is 0 Å². The molecular weight excluding hydrogens is 230 g/mol. The lowest BCUT2D eigenvalue weighted by Gasteiger charge is -2.10. The molecule has 4 nitrogen and oxygen atoms in total. The summed E-state index contributed by atoms with van der Waals surface area (Å²) in [5, 5.41) is 2.64. The molecule has 0 aliphatic heterocycles. The molecule has 0 aromatic heterocycles. The number of amides is 1. The molecule has 1 aliphatic carbocycles. The standard InChI is InChI=1S/C14H17NO3/c16-13-8-4-7-12(13)9-15-14(17)18-10-11-5-2-1-3-6-11/h1-3,5-6,12H,4,7-10H2,(H,15,17)/t12-/m1/s1. The summed E-state index contributed by atoms with van der Waals surface area (Å²) in [6, 6.07) is 9.50. The van der Waals surface area contributed by atoms with Gasteiger partial charge in [-0.15, -0.1) is 0 Å². The van der Waals surface area contributed by atoms with Crippen LogP contribution >= 0.6 is 0 Å². The number of nitrogens with one attached hydrogen (secondary N) is 1. The summed E-state index contributed by atoms with van der Waals surface area (Å²) in [7, 11) is 0. The second-order valence-corrected chi connectivity index (χ2v) is 4.50. The summed E-state index contributed by atoms with van der Waals surface area (Å²) >= 11 is 0. The second kappa shape index (κ2) is 6.19. The first-order valence-corrected chi connectivity index (χ1v) is 6.23. The second-order valence-electron chi connectivity index (χ2n) is 4.50. The number of hydrogen-bond acceptors (Lipinski definition) is 3. The zero-order valence-corrected chi connectivity index (χ0v) is 10.2. The highest BCUT2D eigenvalue weighted by Crippen LogP contribution is 2.20. The molecule has 4 heteroatoms. The Hall–Kier alpha value is -1.84. The number of Topliss-reactive ketones (excluding diaryl/α,β-unsaturated/α-hetero) is 1. The maximum absolute atomic E-state index is 11.4. The van der Waals surface area contributed by atoms with Crippen molar-refractivity contribution in [2.75, 3.05) is 6.54 Å². The molecule has 0 heterocycles. The summed E-state index contributed by atoms with van der Waals surface area (Å²) in [5.74, 6) is 0.229. The molecule has 1 aromatic rings.